The normalized spacial score (nSPS) is 10.1. The highest BCUT2D eigenvalue weighted by Gasteiger charge is 2.16. The summed E-state index contributed by atoms with van der Waals surface area (Å²) in [5.41, 5.74) is 4.94. The lowest BCUT2D eigenvalue weighted by Crippen LogP contribution is -2.16. The van der Waals surface area contributed by atoms with E-state index in [4.69, 9.17) is 5.73 Å². The van der Waals surface area contributed by atoms with Crippen LogP contribution in [-0.4, -0.2) is 15.9 Å². The van der Waals surface area contributed by atoms with Gasteiger partial charge in [0.25, 0.3) is 5.91 Å². The van der Waals surface area contributed by atoms with Crippen molar-refractivity contribution < 1.29 is 13.6 Å². The summed E-state index contributed by atoms with van der Waals surface area (Å²) in [6, 6.07) is 2.04. The summed E-state index contributed by atoms with van der Waals surface area (Å²) in [6.07, 6.45) is 3.89. The van der Waals surface area contributed by atoms with E-state index in [0.29, 0.717) is 0 Å². The number of benzene rings is 1. The number of nitrogens with one attached hydrogen (secondary N) is 1. The molecule has 0 aliphatic heterocycles. The zero-order valence-corrected chi connectivity index (χ0v) is 9.02. The van der Waals surface area contributed by atoms with Gasteiger partial charge in [0.1, 0.15) is 11.4 Å². The first-order chi connectivity index (χ1) is 8.59. The number of nitrogens with two attached hydrogens (primary N) is 1. The van der Waals surface area contributed by atoms with Gasteiger partial charge in [0.2, 0.25) is 0 Å². The Bertz CT molecular complexity index is 589. The van der Waals surface area contributed by atoms with Gasteiger partial charge in [0.15, 0.2) is 11.6 Å². The van der Waals surface area contributed by atoms with Crippen LogP contribution in [0, 0.1) is 11.6 Å². The highest BCUT2D eigenvalue weighted by atomic mass is 19.2. The van der Waals surface area contributed by atoms with E-state index in [1.165, 1.54) is 18.6 Å². The summed E-state index contributed by atoms with van der Waals surface area (Å²) in [5.74, 6) is -3.04. The molecule has 0 saturated heterocycles. The quantitative estimate of drug-likeness (QED) is 0.793. The molecule has 0 radical (unpaired) electrons. The van der Waals surface area contributed by atoms with E-state index in [9.17, 15) is 13.6 Å². The van der Waals surface area contributed by atoms with Crippen LogP contribution in [0.1, 0.15) is 10.5 Å². The van der Waals surface area contributed by atoms with Crippen LogP contribution in [0.15, 0.2) is 30.7 Å². The second-order valence-electron chi connectivity index (χ2n) is 3.37. The predicted octanol–water partition coefficient (Wildman–Crippen LogP) is 1.59. The van der Waals surface area contributed by atoms with Gasteiger partial charge < -0.3 is 11.1 Å². The molecule has 0 unspecified atom stereocenters. The number of halogens is 2. The molecule has 5 nitrogen and oxygen atoms in total. The van der Waals surface area contributed by atoms with E-state index in [2.05, 4.69) is 15.3 Å². The maximum atomic E-state index is 13.4. The number of carbonyl (C=O) groups is 1. The Morgan fingerprint density at radius 2 is 2.06 bits per heavy atom. The minimum Gasteiger partial charge on any atom is -0.397 e. The number of nitrogens with zero attached hydrogens (tertiary/aromatic N) is 2. The summed E-state index contributed by atoms with van der Waals surface area (Å²) in [4.78, 5) is 19.1. The third-order valence-electron chi connectivity index (χ3n) is 2.16. The Morgan fingerprint density at radius 3 is 2.72 bits per heavy atom. The topological polar surface area (TPSA) is 80.9 Å². The van der Waals surface area contributed by atoms with Crippen molar-refractivity contribution in [1.29, 1.82) is 0 Å². The Balaban J connectivity index is 2.30. The molecule has 0 saturated carbocycles. The van der Waals surface area contributed by atoms with Gasteiger partial charge >= 0.3 is 0 Å². The van der Waals surface area contributed by atoms with Crippen molar-refractivity contribution in [2.45, 2.75) is 0 Å². The van der Waals surface area contributed by atoms with Crippen LogP contribution in [0.4, 0.5) is 20.2 Å². The second kappa shape index (κ2) is 4.74. The Hall–Kier alpha value is -2.57. The number of carbonyl (C=O) groups excluding carboxylic acids is 1. The van der Waals surface area contributed by atoms with E-state index in [0.717, 1.165) is 12.1 Å². The number of aromatic nitrogens is 2. The number of amides is 1. The third kappa shape index (κ3) is 2.24. The van der Waals surface area contributed by atoms with Gasteiger partial charge in [-0.3, -0.25) is 9.78 Å². The first-order valence-electron chi connectivity index (χ1n) is 4.90. The number of hydrogen-bond acceptors (Lipinski definition) is 4. The van der Waals surface area contributed by atoms with E-state index >= 15 is 0 Å². The lowest BCUT2D eigenvalue weighted by Gasteiger charge is -2.08. The van der Waals surface area contributed by atoms with Crippen molar-refractivity contribution in [1.82, 2.24) is 9.97 Å². The van der Waals surface area contributed by atoms with Gasteiger partial charge in [0, 0.05) is 12.4 Å². The molecule has 1 aromatic carbocycles. The lowest BCUT2D eigenvalue weighted by molar-refractivity contribution is 0.102. The highest BCUT2D eigenvalue weighted by Crippen LogP contribution is 2.24. The molecule has 1 aromatic heterocycles. The molecule has 2 rings (SSSR count). The van der Waals surface area contributed by atoms with Crippen molar-refractivity contribution in [3.8, 4) is 0 Å². The predicted molar refractivity (Wildman–Crippen MR) is 60.8 cm³/mol. The summed E-state index contributed by atoms with van der Waals surface area (Å²) >= 11 is 0. The number of rotatable bonds is 2. The van der Waals surface area contributed by atoms with E-state index in [-0.39, 0.29) is 11.4 Å². The van der Waals surface area contributed by atoms with Crippen molar-refractivity contribution in [3.05, 3.63) is 48.1 Å². The van der Waals surface area contributed by atoms with Gasteiger partial charge in [-0.15, -0.1) is 0 Å². The van der Waals surface area contributed by atoms with E-state index in [1.807, 2.05) is 0 Å². The molecule has 1 heterocycles. The third-order valence-corrected chi connectivity index (χ3v) is 2.16. The Morgan fingerprint density at radius 1 is 1.28 bits per heavy atom. The summed E-state index contributed by atoms with van der Waals surface area (Å²) in [6.45, 7) is 0. The summed E-state index contributed by atoms with van der Waals surface area (Å²) in [5, 5.41) is 2.15. The molecule has 0 aliphatic rings. The Labute approximate surface area is 101 Å². The summed E-state index contributed by atoms with van der Waals surface area (Å²) < 4.78 is 26.4. The molecule has 0 spiro atoms. The largest absolute Gasteiger partial charge is 0.397 e. The van der Waals surface area contributed by atoms with Crippen molar-refractivity contribution in [2.75, 3.05) is 11.1 Å². The van der Waals surface area contributed by atoms with E-state index in [1.54, 1.807) is 0 Å². The van der Waals surface area contributed by atoms with Crippen LogP contribution in [0.5, 0.6) is 0 Å². The molecule has 2 aromatic rings. The monoisotopic (exact) mass is 250 g/mol. The van der Waals surface area contributed by atoms with Crippen LogP contribution in [0.2, 0.25) is 0 Å². The molecule has 0 aliphatic carbocycles. The average Bonchev–Trinajstić information content (AvgIpc) is 2.40. The lowest BCUT2D eigenvalue weighted by atomic mass is 10.2. The van der Waals surface area contributed by atoms with E-state index < -0.39 is 23.2 Å². The van der Waals surface area contributed by atoms with Crippen molar-refractivity contribution in [2.24, 2.45) is 0 Å². The molecule has 92 valence electrons. The first kappa shape index (κ1) is 11.9. The smallest absolute Gasteiger partial charge is 0.275 e. The standard InChI is InChI=1S/C11H8F2N4O/c12-6-1-2-7(14)10(9(6)13)17-11(18)8-5-15-3-4-16-8/h1-5H,14H2,(H,17,18). The average molecular weight is 250 g/mol. The number of nitrogen functional groups attached to an aromatic ring is 1. The molecule has 1 amide bonds. The molecule has 7 heteroatoms. The van der Waals surface area contributed by atoms with Crippen LogP contribution < -0.4 is 11.1 Å². The maximum absolute atomic E-state index is 13.4. The number of anilines is 2. The molecule has 0 bridgehead atoms. The zero-order valence-electron chi connectivity index (χ0n) is 9.02. The van der Waals surface area contributed by atoms with Crippen LogP contribution in [-0.2, 0) is 0 Å². The molecule has 18 heavy (non-hydrogen) atoms. The fraction of sp³-hybridized carbons (Fsp3) is 0. The first-order valence-corrected chi connectivity index (χ1v) is 4.90. The SMILES string of the molecule is Nc1ccc(F)c(F)c1NC(=O)c1cnccn1. The van der Waals surface area contributed by atoms with Gasteiger partial charge in [-0.25, -0.2) is 13.8 Å². The van der Waals surface area contributed by atoms with Gasteiger partial charge in [0.05, 0.1) is 11.9 Å². The highest BCUT2D eigenvalue weighted by molar-refractivity contribution is 6.04. The van der Waals surface area contributed by atoms with Crippen molar-refractivity contribution >= 4 is 17.3 Å². The molecular weight excluding hydrogens is 242 g/mol. The van der Waals surface area contributed by atoms with Crippen molar-refractivity contribution in [3.63, 3.8) is 0 Å². The number of hydrogen-bond donors (Lipinski definition) is 2. The van der Waals surface area contributed by atoms with Gasteiger partial charge in [-0.2, -0.15) is 0 Å². The Kier molecular flexibility index (Phi) is 3.13. The maximum Gasteiger partial charge on any atom is 0.275 e. The molecule has 0 fully saturated rings. The van der Waals surface area contributed by atoms with Gasteiger partial charge in [-0.1, -0.05) is 0 Å². The van der Waals surface area contributed by atoms with Crippen LogP contribution >= 0.6 is 0 Å². The molecule has 0 atom stereocenters. The molecular formula is C11H8F2N4O. The minimum absolute atomic E-state index is 0.0273. The van der Waals surface area contributed by atoms with Crippen LogP contribution in [0.25, 0.3) is 0 Å². The van der Waals surface area contributed by atoms with Crippen LogP contribution in [0.3, 0.4) is 0 Å². The minimum atomic E-state index is -1.22. The summed E-state index contributed by atoms with van der Waals surface area (Å²) in [7, 11) is 0. The molecule has 3 N–H and O–H groups in total. The van der Waals surface area contributed by atoms with Gasteiger partial charge in [-0.05, 0) is 12.1 Å². The fourth-order valence-corrected chi connectivity index (χ4v) is 1.29. The second-order valence-corrected chi connectivity index (χ2v) is 3.37. The fourth-order valence-electron chi connectivity index (χ4n) is 1.29. The zero-order chi connectivity index (χ0) is 13.1.